The minimum absolute atomic E-state index is 0.0488. The fraction of sp³-hybridized carbons (Fsp3) is 0.444. The highest BCUT2D eigenvalue weighted by atomic mass is 79.9. The largest absolute Gasteiger partial charge is 0.309 e. The Kier molecular flexibility index (Phi) is 5.64. The summed E-state index contributed by atoms with van der Waals surface area (Å²) in [6, 6.07) is 13.4. The second-order valence-corrected chi connectivity index (χ2v) is 8.17. The molecule has 0 radical (unpaired) electrons. The molecule has 1 aromatic carbocycles. The Labute approximate surface area is 140 Å². The average Bonchev–Trinajstić information content (AvgIpc) is 2.79. The number of halogens is 1. The van der Waals surface area contributed by atoms with Gasteiger partial charge in [-0.3, -0.25) is 0 Å². The van der Waals surface area contributed by atoms with Gasteiger partial charge in [-0.2, -0.15) is 0 Å². The van der Waals surface area contributed by atoms with Crippen LogP contribution in [0.25, 0.3) is 0 Å². The zero-order chi connectivity index (χ0) is 15.5. The summed E-state index contributed by atoms with van der Waals surface area (Å²) in [4.78, 5) is 2.75. The van der Waals surface area contributed by atoms with Crippen LogP contribution in [0, 0.1) is 6.92 Å². The van der Waals surface area contributed by atoms with Gasteiger partial charge in [-0.15, -0.1) is 11.3 Å². The fourth-order valence-electron chi connectivity index (χ4n) is 2.66. The number of thiophene rings is 1. The van der Waals surface area contributed by atoms with Crippen LogP contribution in [-0.2, 0) is 5.41 Å². The molecule has 1 atom stereocenters. The van der Waals surface area contributed by atoms with Crippen molar-refractivity contribution in [2.45, 2.75) is 45.6 Å². The smallest absolute Gasteiger partial charge is 0.0508 e. The summed E-state index contributed by atoms with van der Waals surface area (Å²) >= 11 is 5.54. The van der Waals surface area contributed by atoms with E-state index < -0.39 is 0 Å². The van der Waals surface area contributed by atoms with E-state index in [9.17, 15) is 0 Å². The number of nitrogens with one attached hydrogen (secondary N) is 1. The molecule has 0 saturated carbocycles. The number of rotatable bonds is 6. The van der Waals surface area contributed by atoms with E-state index in [4.69, 9.17) is 0 Å². The SMILES string of the molecule is CCCNC(c1cc(Br)c(C)s1)C(C)(C)c1ccccc1. The van der Waals surface area contributed by atoms with E-state index >= 15 is 0 Å². The Balaban J connectivity index is 2.39. The van der Waals surface area contributed by atoms with Gasteiger partial charge in [0.2, 0.25) is 0 Å². The van der Waals surface area contributed by atoms with E-state index in [1.807, 2.05) is 11.3 Å². The lowest BCUT2D eigenvalue weighted by molar-refractivity contribution is 0.353. The number of benzene rings is 1. The molecule has 0 bridgehead atoms. The lowest BCUT2D eigenvalue weighted by Gasteiger charge is -2.35. The Morgan fingerprint density at radius 1 is 1.24 bits per heavy atom. The number of hydrogen-bond donors (Lipinski definition) is 1. The fourth-order valence-corrected chi connectivity index (χ4v) is 4.48. The normalized spacial score (nSPS) is 13.4. The van der Waals surface area contributed by atoms with Gasteiger partial charge in [-0.1, -0.05) is 51.1 Å². The maximum absolute atomic E-state index is 3.75. The number of aryl methyl sites for hydroxylation is 1. The minimum Gasteiger partial charge on any atom is -0.309 e. The van der Waals surface area contributed by atoms with Crippen LogP contribution in [0.2, 0.25) is 0 Å². The zero-order valence-corrected chi connectivity index (χ0v) is 15.6. The summed E-state index contributed by atoms with van der Waals surface area (Å²) in [5.41, 5.74) is 1.42. The predicted molar refractivity (Wildman–Crippen MR) is 97.3 cm³/mol. The molecule has 0 aliphatic carbocycles. The molecule has 0 saturated heterocycles. The maximum Gasteiger partial charge on any atom is 0.0508 e. The third kappa shape index (κ3) is 3.77. The molecule has 0 fully saturated rings. The van der Waals surface area contributed by atoms with E-state index in [0.717, 1.165) is 13.0 Å². The first-order valence-corrected chi connectivity index (χ1v) is 9.12. The monoisotopic (exact) mass is 365 g/mol. The Hall–Kier alpha value is -0.640. The molecule has 1 nitrogen and oxygen atoms in total. The van der Waals surface area contributed by atoms with Crippen molar-refractivity contribution in [3.05, 3.63) is 56.2 Å². The summed E-state index contributed by atoms with van der Waals surface area (Å²) < 4.78 is 1.22. The predicted octanol–water partition coefficient (Wildman–Crippen LogP) is 5.84. The lowest BCUT2D eigenvalue weighted by Crippen LogP contribution is -2.37. The van der Waals surface area contributed by atoms with Crippen molar-refractivity contribution in [1.29, 1.82) is 0 Å². The van der Waals surface area contributed by atoms with E-state index in [1.54, 1.807) is 0 Å². The Morgan fingerprint density at radius 2 is 1.90 bits per heavy atom. The first-order valence-electron chi connectivity index (χ1n) is 7.51. The molecule has 1 unspecified atom stereocenters. The molecule has 2 aromatic rings. The summed E-state index contributed by atoms with van der Waals surface area (Å²) in [7, 11) is 0. The molecule has 1 N–H and O–H groups in total. The Morgan fingerprint density at radius 3 is 2.43 bits per heavy atom. The number of hydrogen-bond acceptors (Lipinski definition) is 2. The highest BCUT2D eigenvalue weighted by Crippen LogP contribution is 2.41. The van der Waals surface area contributed by atoms with Crippen molar-refractivity contribution < 1.29 is 0 Å². The maximum atomic E-state index is 3.75. The topological polar surface area (TPSA) is 12.0 Å². The van der Waals surface area contributed by atoms with Gasteiger partial charge in [0.05, 0.1) is 6.04 Å². The molecule has 0 aliphatic rings. The molecular weight excluding hydrogens is 342 g/mol. The highest BCUT2D eigenvalue weighted by molar-refractivity contribution is 9.10. The first kappa shape index (κ1) is 16.7. The Bertz CT molecular complexity index is 555. The van der Waals surface area contributed by atoms with Crippen LogP contribution in [0.4, 0.5) is 0 Å². The summed E-state index contributed by atoms with van der Waals surface area (Å²) in [6.45, 7) is 10.1. The molecule has 0 spiro atoms. The van der Waals surface area contributed by atoms with Gasteiger partial charge in [-0.05, 0) is 47.4 Å². The summed E-state index contributed by atoms with van der Waals surface area (Å²) in [5, 5.41) is 3.75. The molecule has 3 heteroatoms. The molecule has 0 aliphatic heterocycles. The quantitative estimate of drug-likeness (QED) is 0.677. The van der Waals surface area contributed by atoms with Gasteiger partial charge >= 0.3 is 0 Å². The summed E-state index contributed by atoms with van der Waals surface area (Å²) in [5.74, 6) is 0. The zero-order valence-electron chi connectivity index (χ0n) is 13.2. The van der Waals surface area contributed by atoms with Gasteiger partial charge in [0, 0.05) is 19.6 Å². The van der Waals surface area contributed by atoms with E-state index in [0.29, 0.717) is 6.04 Å². The van der Waals surface area contributed by atoms with Crippen LogP contribution in [0.1, 0.15) is 48.6 Å². The molecule has 21 heavy (non-hydrogen) atoms. The highest BCUT2D eigenvalue weighted by Gasteiger charge is 2.33. The van der Waals surface area contributed by atoms with E-state index in [2.05, 4.69) is 85.3 Å². The van der Waals surface area contributed by atoms with Crippen LogP contribution in [0.5, 0.6) is 0 Å². The minimum atomic E-state index is 0.0488. The molecule has 2 rings (SSSR count). The molecule has 114 valence electrons. The van der Waals surface area contributed by atoms with Crippen molar-refractivity contribution in [2.75, 3.05) is 6.54 Å². The van der Waals surface area contributed by atoms with E-state index in [1.165, 1.54) is 19.8 Å². The third-order valence-electron chi connectivity index (χ3n) is 4.00. The van der Waals surface area contributed by atoms with Crippen LogP contribution < -0.4 is 5.32 Å². The molecular formula is C18H24BrNS. The second kappa shape index (κ2) is 7.08. The van der Waals surface area contributed by atoms with Gasteiger partial charge in [0.15, 0.2) is 0 Å². The average molecular weight is 366 g/mol. The lowest BCUT2D eigenvalue weighted by atomic mass is 9.77. The van der Waals surface area contributed by atoms with Crippen LogP contribution >= 0.6 is 27.3 Å². The van der Waals surface area contributed by atoms with Gasteiger partial charge in [0.25, 0.3) is 0 Å². The summed E-state index contributed by atoms with van der Waals surface area (Å²) in [6.07, 6.45) is 1.15. The van der Waals surface area contributed by atoms with Crippen molar-refractivity contribution in [1.82, 2.24) is 5.32 Å². The molecule has 1 heterocycles. The van der Waals surface area contributed by atoms with Gasteiger partial charge < -0.3 is 5.32 Å². The van der Waals surface area contributed by atoms with Crippen LogP contribution in [0.3, 0.4) is 0 Å². The van der Waals surface area contributed by atoms with Crippen LogP contribution in [-0.4, -0.2) is 6.54 Å². The standard InChI is InChI=1S/C18H24BrNS/c1-5-11-20-17(16-12-15(19)13(2)21-16)18(3,4)14-9-7-6-8-10-14/h6-10,12,17,20H,5,11H2,1-4H3. The van der Waals surface area contributed by atoms with Crippen molar-refractivity contribution in [3.63, 3.8) is 0 Å². The second-order valence-electron chi connectivity index (χ2n) is 6.03. The van der Waals surface area contributed by atoms with Gasteiger partial charge in [-0.25, -0.2) is 0 Å². The molecule has 1 aromatic heterocycles. The first-order chi connectivity index (χ1) is 9.96. The third-order valence-corrected chi connectivity index (χ3v) is 6.20. The van der Waals surface area contributed by atoms with Crippen molar-refractivity contribution >= 4 is 27.3 Å². The van der Waals surface area contributed by atoms with Crippen LogP contribution in [0.15, 0.2) is 40.9 Å². The van der Waals surface area contributed by atoms with Gasteiger partial charge in [0.1, 0.15) is 0 Å². The van der Waals surface area contributed by atoms with Crippen molar-refractivity contribution in [2.24, 2.45) is 0 Å². The van der Waals surface area contributed by atoms with E-state index in [-0.39, 0.29) is 5.41 Å². The van der Waals surface area contributed by atoms with Crippen molar-refractivity contribution in [3.8, 4) is 0 Å². The molecule has 0 amide bonds.